The summed E-state index contributed by atoms with van der Waals surface area (Å²) in [6, 6.07) is 10.5. The number of hydrogen-bond donors (Lipinski definition) is 1. The van der Waals surface area contributed by atoms with Gasteiger partial charge < -0.3 is 5.11 Å². The predicted octanol–water partition coefficient (Wildman–Crippen LogP) is 4.54. The van der Waals surface area contributed by atoms with Crippen molar-refractivity contribution in [3.05, 3.63) is 69.5 Å². The van der Waals surface area contributed by atoms with Gasteiger partial charge in [0.15, 0.2) is 0 Å². The van der Waals surface area contributed by atoms with Crippen LogP contribution >= 0.6 is 23.2 Å². The molecule has 2 rings (SSSR count). The van der Waals surface area contributed by atoms with Crippen LogP contribution in [0.3, 0.4) is 0 Å². The average Bonchev–Trinajstić information content (AvgIpc) is 2.39. The summed E-state index contributed by atoms with van der Waals surface area (Å²) in [6.07, 6.45) is 0.233. The molecular weight excluding hydrogens is 302 g/mol. The third-order valence-corrected chi connectivity index (χ3v) is 3.55. The number of carboxylic acids is 1. The van der Waals surface area contributed by atoms with E-state index in [1.165, 1.54) is 18.2 Å². The monoisotopic (exact) mass is 312 g/mol. The van der Waals surface area contributed by atoms with Gasteiger partial charge in [0.25, 0.3) is 0 Å². The summed E-state index contributed by atoms with van der Waals surface area (Å²) in [4.78, 5) is 11.4. The second-order valence-electron chi connectivity index (χ2n) is 4.39. The molecule has 2 nitrogen and oxygen atoms in total. The van der Waals surface area contributed by atoms with E-state index in [1.807, 2.05) is 0 Å². The summed E-state index contributed by atoms with van der Waals surface area (Å²) in [6.45, 7) is 0. The quantitative estimate of drug-likeness (QED) is 0.899. The Kier molecular flexibility index (Phi) is 4.63. The Balaban J connectivity index is 2.31. The van der Waals surface area contributed by atoms with Crippen LogP contribution in [-0.2, 0) is 11.2 Å². The van der Waals surface area contributed by atoms with Crippen LogP contribution in [0, 0.1) is 5.82 Å². The molecule has 0 fully saturated rings. The van der Waals surface area contributed by atoms with Gasteiger partial charge in [-0.1, -0.05) is 41.4 Å². The van der Waals surface area contributed by atoms with E-state index in [0.717, 1.165) is 5.56 Å². The Morgan fingerprint density at radius 3 is 2.35 bits per heavy atom. The number of carboxylic acid groups (broad SMARTS) is 1. The smallest absolute Gasteiger partial charge is 0.311 e. The Bertz CT molecular complexity index is 626. The van der Waals surface area contributed by atoms with Crippen molar-refractivity contribution in [2.45, 2.75) is 12.3 Å². The number of carbonyl (C=O) groups is 1. The van der Waals surface area contributed by atoms with E-state index in [1.54, 1.807) is 24.3 Å². The molecule has 0 aliphatic heterocycles. The van der Waals surface area contributed by atoms with Gasteiger partial charge in [0.1, 0.15) is 5.82 Å². The first-order chi connectivity index (χ1) is 9.47. The summed E-state index contributed by atoms with van der Waals surface area (Å²) >= 11 is 11.9. The molecule has 0 saturated carbocycles. The Morgan fingerprint density at radius 1 is 1.15 bits per heavy atom. The van der Waals surface area contributed by atoms with Gasteiger partial charge in [-0.25, -0.2) is 4.39 Å². The SMILES string of the molecule is O=C(O)[C@H](Cc1ccc(F)cc1)c1ccc(Cl)cc1Cl. The van der Waals surface area contributed by atoms with Crippen molar-refractivity contribution in [2.75, 3.05) is 0 Å². The van der Waals surface area contributed by atoms with Crippen LogP contribution in [-0.4, -0.2) is 11.1 Å². The second kappa shape index (κ2) is 6.25. The zero-order valence-electron chi connectivity index (χ0n) is 10.3. The lowest BCUT2D eigenvalue weighted by molar-refractivity contribution is -0.138. The van der Waals surface area contributed by atoms with E-state index in [4.69, 9.17) is 23.2 Å². The van der Waals surface area contributed by atoms with E-state index in [0.29, 0.717) is 15.6 Å². The summed E-state index contributed by atoms with van der Waals surface area (Å²) in [5.41, 5.74) is 1.22. The Hall–Kier alpha value is -1.58. The average molecular weight is 313 g/mol. The molecule has 0 aliphatic rings. The van der Waals surface area contributed by atoms with Crippen LogP contribution in [0.1, 0.15) is 17.0 Å². The molecule has 1 N–H and O–H groups in total. The number of aliphatic carboxylic acids is 1. The molecule has 0 spiro atoms. The predicted molar refractivity (Wildman–Crippen MR) is 76.9 cm³/mol. The number of halogens is 3. The summed E-state index contributed by atoms with van der Waals surface area (Å²) in [5.74, 6) is -2.14. The maximum Gasteiger partial charge on any atom is 0.311 e. The van der Waals surface area contributed by atoms with E-state index in [-0.39, 0.29) is 12.2 Å². The zero-order chi connectivity index (χ0) is 14.7. The van der Waals surface area contributed by atoms with Crippen molar-refractivity contribution in [3.8, 4) is 0 Å². The van der Waals surface area contributed by atoms with Crippen LogP contribution in [0.5, 0.6) is 0 Å². The maximum atomic E-state index is 12.9. The van der Waals surface area contributed by atoms with E-state index in [9.17, 15) is 14.3 Å². The molecule has 0 saturated heterocycles. The molecule has 0 heterocycles. The minimum absolute atomic E-state index is 0.233. The van der Waals surface area contributed by atoms with Crippen molar-refractivity contribution in [1.82, 2.24) is 0 Å². The Morgan fingerprint density at radius 2 is 1.80 bits per heavy atom. The number of hydrogen-bond acceptors (Lipinski definition) is 1. The summed E-state index contributed by atoms with van der Waals surface area (Å²) < 4.78 is 12.9. The van der Waals surface area contributed by atoms with Gasteiger partial charge in [0.2, 0.25) is 0 Å². The normalized spacial score (nSPS) is 12.2. The van der Waals surface area contributed by atoms with Crippen molar-refractivity contribution in [1.29, 1.82) is 0 Å². The van der Waals surface area contributed by atoms with Gasteiger partial charge in [0, 0.05) is 10.0 Å². The van der Waals surface area contributed by atoms with Crippen molar-refractivity contribution in [2.24, 2.45) is 0 Å². The van der Waals surface area contributed by atoms with E-state index < -0.39 is 11.9 Å². The van der Waals surface area contributed by atoms with Gasteiger partial charge in [-0.3, -0.25) is 4.79 Å². The lowest BCUT2D eigenvalue weighted by Gasteiger charge is -2.14. The molecule has 20 heavy (non-hydrogen) atoms. The van der Waals surface area contributed by atoms with Crippen molar-refractivity contribution in [3.63, 3.8) is 0 Å². The molecule has 2 aromatic rings. The molecule has 5 heteroatoms. The topological polar surface area (TPSA) is 37.3 Å². The molecule has 0 amide bonds. The molecule has 0 aromatic heterocycles. The van der Waals surface area contributed by atoms with Crippen LogP contribution in [0.2, 0.25) is 10.0 Å². The fraction of sp³-hybridized carbons (Fsp3) is 0.133. The highest BCUT2D eigenvalue weighted by Gasteiger charge is 2.23. The fourth-order valence-corrected chi connectivity index (χ4v) is 2.51. The lowest BCUT2D eigenvalue weighted by atomic mass is 9.92. The standard InChI is InChI=1S/C15H11Cl2FO2/c16-10-3-6-12(14(17)8-10)13(15(19)20)7-9-1-4-11(18)5-2-9/h1-6,8,13H,7H2,(H,19,20)/t13-/m1/s1. The molecule has 104 valence electrons. The molecule has 0 bridgehead atoms. The van der Waals surface area contributed by atoms with Crippen LogP contribution in [0.25, 0.3) is 0 Å². The van der Waals surface area contributed by atoms with Crippen molar-refractivity contribution >= 4 is 29.2 Å². The number of rotatable bonds is 4. The Labute approximate surface area is 125 Å². The molecule has 2 aromatic carbocycles. The highest BCUT2D eigenvalue weighted by Crippen LogP contribution is 2.30. The van der Waals surface area contributed by atoms with E-state index >= 15 is 0 Å². The van der Waals surface area contributed by atoms with Crippen LogP contribution in [0.15, 0.2) is 42.5 Å². The van der Waals surface area contributed by atoms with Gasteiger partial charge >= 0.3 is 5.97 Å². The third-order valence-electron chi connectivity index (χ3n) is 2.99. The zero-order valence-corrected chi connectivity index (χ0v) is 11.8. The molecule has 0 radical (unpaired) electrons. The van der Waals surface area contributed by atoms with Gasteiger partial charge in [-0.05, 0) is 41.8 Å². The van der Waals surface area contributed by atoms with Crippen LogP contribution in [0.4, 0.5) is 4.39 Å². The lowest BCUT2D eigenvalue weighted by Crippen LogP contribution is -2.15. The van der Waals surface area contributed by atoms with Crippen molar-refractivity contribution < 1.29 is 14.3 Å². The van der Waals surface area contributed by atoms with Gasteiger partial charge in [-0.15, -0.1) is 0 Å². The molecule has 0 aliphatic carbocycles. The molecule has 0 unspecified atom stereocenters. The van der Waals surface area contributed by atoms with Gasteiger partial charge in [0.05, 0.1) is 5.92 Å². The number of benzene rings is 2. The first-order valence-corrected chi connectivity index (χ1v) is 6.65. The molecule has 1 atom stereocenters. The summed E-state index contributed by atoms with van der Waals surface area (Å²) in [7, 11) is 0. The van der Waals surface area contributed by atoms with Crippen LogP contribution < -0.4 is 0 Å². The first-order valence-electron chi connectivity index (χ1n) is 5.89. The fourth-order valence-electron chi connectivity index (χ4n) is 1.97. The molecular formula is C15H11Cl2FO2. The third kappa shape index (κ3) is 3.50. The minimum atomic E-state index is -0.987. The van der Waals surface area contributed by atoms with Gasteiger partial charge in [-0.2, -0.15) is 0 Å². The highest BCUT2D eigenvalue weighted by atomic mass is 35.5. The maximum absolute atomic E-state index is 12.9. The summed E-state index contributed by atoms with van der Waals surface area (Å²) in [5, 5.41) is 10.1. The first kappa shape index (κ1) is 14.8. The van der Waals surface area contributed by atoms with E-state index in [2.05, 4.69) is 0 Å². The second-order valence-corrected chi connectivity index (χ2v) is 5.23. The highest BCUT2D eigenvalue weighted by molar-refractivity contribution is 6.35. The minimum Gasteiger partial charge on any atom is -0.481 e. The largest absolute Gasteiger partial charge is 0.481 e.